The number of rotatable bonds is 3. The van der Waals surface area contributed by atoms with E-state index in [9.17, 15) is 4.79 Å². The Balaban J connectivity index is 1.98. The van der Waals surface area contributed by atoms with E-state index in [0.717, 1.165) is 19.5 Å². The van der Waals surface area contributed by atoms with Crippen LogP contribution in [0.3, 0.4) is 0 Å². The smallest absolute Gasteiger partial charge is 0.252 e. The van der Waals surface area contributed by atoms with Crippen LogP contribution in [0.2, 0.25) is 10.0 Å². The first-order chi connectivity index (χ1) is 9.47. The summed E-state index contributed by atoms with van der Waals surface area (Å²) in [5.41, 5.74) is 6.46. The second-order valence-corrected chi connectivity index (χ2v) is 6.13. The van der Waals surface area contributed by atoms with Gasteiger partial charge in [0.2, 0.25) is 0 Å². The number of hydrogen-bond donors (Lipinski definition) is 2. The zero-order chi connectivity index (χ0) is 14.7. The molecule has 1 saturated heterocycles. The maximum atomic E-state index is 12.2. The number of piperidine rings is 1. The number of benzene rings is 1. The Bertz CT molecular complexity index is 507. The van der Waals surface area contributed by atoms with Crippen LogP contribution < -0.4 is 11.1 Å². The Labute approximate surface area is 129 Å². The lowest BCUT2D eigenvalue weighted by molar-refractivity contribution is 0.0937. The number of hydrogen-bond acceptors (Lipinski definition) is 3. The second kappa shape index (κ2) is 6.66. The van der Waals surface area contributed by atoms with E-state index in [1.165, 1.54) is 12.5 Å². The van der Waals surface area contributed by atoms with Crippen LogP contribution >= 0.6 is 23.2 Å². The summed E-state index contributed by atoms with van der Waals surface area (Å²) in [6.45, 7) is 2.78. The molecule has 1 unspecified atom stereocenters. The Morgan fingerprint density at radius 1 is 1.50 bits per heavy atom. The average Bonchev–Trinajstić information content (AvgIpc) is 2.40. The maximum Gasteiger partial charge on any atom is 0.252 e. The van der Waals surface area contributed by atoms with Gasteiger partial charge in [0.15, 0.2) is 0 Å². The van der Waals surface area contributed by atoms with Crippen LogP contribution in [0.1, 0.15) is 23.2 Å². The molecule has 0 radical (unpaired) electrons. The third-order valence-electron chi connectivity index (χ3n) is 3.57. The quantitative estimate of drug-likeness (QED) is 0.843. The highest BCUT2D eigenvalue weighted by Crippen LogP contribution is 2.28. The van der Waals surface area contributed by atoms with E-state index in [1.54, 1.807) is 6.07 Å². The highest BCUT2D eigenvalue weighted by Gasteiger charge is 2.19. The van der Waals surface area contributed by atoms with E-state index in [0.29, 0.717) is 28.7 Å². The van der Waals surface area contributed by atoms with Gasteiger partial charge in [-0.3, -0.25) is 4.79 Å². The molecule has 0 saturated carbocycles. The number of carbonyl (C=O) groups is 1. The molecule has 3 N–H and O–H groups in total. The lowest BCUT2D eigenvalue weighted by Crippen LogP contribution is -2.39. The number of halogens is 2. The lowest BCUT2D eigenvalue weighted by Gasteiger charge is -2.29. The highest BCUT2D eigenvalue weighted by atomic mass is 35.5. The highest BCUT2D eigenvalue weighted by molar-refractivity contribution is 6.44. The molecule has 1 atom stereocenters. The van der Waals surface area contributed by atoms with Crippen LogP contribution in [-0.4, -0.2) is 37.5 Å². The Morgan fingerprint density at radius 2 is 2.25 bits per heavy atom. The number of nitrogens with zero attached hydrogens (tertiary/aromatic N) is 1. The molecule has 2 rings (SSSR count). The molecular weight excluding hydrogens is 297 g/mol. The van der Waals surface area contributed by atoms with Crippen molar-refractivity contribution in [2.24, 2.45) is 5.92 Å². The monoisotopic (exact) mass is 315 g/mol. The van der Waals surface area contributed by atoms with Gasteiger partial charge in [0, 0.05) is 18.8 Å². The van der Waals surface area contributed by atoms with Crippen LogP contribution in [0.25, 0.3) is 0 Å². The normalized spacial score (nSPS) is 19.9. The fourth-order valence-corrected chi connectivity index (χ4v) is 2.97. The molecule has 20 heavy (non-hydrogen) atoms. The van der Waals surface area contributed by atoms with E-state index >= 15 is 0 Å². The van der Waals surface area contributed by atoms with Crippen LogP contribution in [0.4, 0.5) is 5.69 Å². The molecule has 1 aliphatic rings. The van der Waals surface area contributed by atoms with Crippen molar-refractivity contribution in [3.05, 3.63) is 27.7 Å². The number of nitrogens with one attached hydrogen (secondary N) is 1. The van der Waals surface area contributed by atoms with Crippen LogP contribution in [-0.2, 0) is 0 Å². The van der Waals surface area contributed by atoms with E-state index < -0.39 is 0 Å². The molecule has 0 aliphatic carbocycles. The van der Waals surface area contributed by atoms with Gasteiger partial charge in [-0.2, -0.15) is 0 Å². The summed E-state index contributed by atoms with van der Waals surface area (Å²) in [6, 6.07) is 3.09. The molecule has 0 aromatic heterocycles. The van der Waals surface area contributed by atoms with Crippen LogP contribution in [0.15, 0.2) is 12.1 Å². The number of anilines is 1. The molecule has 1 amide bonds. The van der Waals surface area contributed by atoms with Gasteiger partial charge in [-0.25, -0.2) is 0 Å². The van der Waals surface area contributed by atoms with Crippen molar-refractivity contribution >= 4 is 34.8 Å². The molecule has 110 valence electrons. The minimum Gasteiger partial charge on any atom is -0.399 e. The van der Waals surface area contributed by atoms with E-state index in [1.807, 2.05) is 0 Å². The summed E-state index contributed by atoms with van der Waals surface area (Å²) in [5, 5.41) is 3.47. The predicted molar refractivity (Wildman–Crippen MR) is 83.4 cm³/mol. The van der Waals surface area contributed by atoms with Crippen molar-refractivity contribution in [1.82, 2.24) is 10.2 Å². The van der Waals surface area contributed by atoms with Crippen LogP contribution in [0.5, 0.6) is 0 Å². The molecule has 0 bridgehead atoms. The second-order valence-electron chi connectivity index (χ2n) is 5.34. The molecule has 1 heterocycles. The van der Waals surface area contributed by atoms with Crippen molar-refractivity contribution in [3.8, 4) is 0 Å². The first-order valence-corrected chi connectivity index (χ1v) is 7.44. The van der Waals surface area contributed by atoms with Crippen molar-refractivity contribution in [2.75, 3.05) is 32.4 Å². The third-order valence-corrected chi connectivity index (χ3v) is 4.37. The molecule has 0 spiro atoms. The van der Waals surface area contributed by atoms with Crippen molar-refractivity contribution in [2.45, 2.75) is 12.8 Å². The minimum absolute atomic E-state index is 0.225. The van der Waals surface area contributed by atoms with Gasteiger partial charge in [0.1, 0.15) is 0 Å². The predicted octanol–water partition coefficient (Wildman–Crippen LogP) is 2.65. The van der Waals surface area contributed by atoms with E-state index in [-0.39, 0.29) is 10.9 Å². The number of amides is 1. The largest absolute Gasteiger partial charge is 0.399 e. The molecule has 1 aromatic rings. The van der Waals surface area contributed by atoms with E-state index in [4.69, 9.17) is 28.9 Å². The van der Waals surface area contributed by atoms with Crippen molar-refractivity contribution in [1.29, 1.82) is 0 Å². The Kier molecular flexibility index (Phi) is 5.13. The van der Waals surface area contributed by atoms with Gasteiger partial charge >= 0.3 is 0 Å². The van der Waals surface area contributed by atoms with Crippen molar-refractivity contribution < 1.29 is 4.79 Å². The topological polar surface area (TPSA) is 58.4 Å². The van der Waals surface area contributed by atoms with Crippen LogP contribution in [0, 0.1) is 5.92 Å². The fraction of sp³-hybridized carbons (Fsp3) is 0.500. The first-order valence-electron chi connectivity index (χ1n) is 6.68. The fourth-order valence-electron chi connectivity index (χ4n) is 2.55. The zero-order valence-corrected chi connectivity index (χ0v) is 13.0. The van der Waals surface area contributed by atoms with Gasteiger partial charge < -0.3 is 16.0 Å². The average molecular weight is 316 g/mol. The molecular formula is C14H19Cl2N3O. The zero-order valence-electron chi connectivity index (χ0n) is 11.5. The first kappa shape index (κ1) is 15.4. The maximum absolute atomic E-state index is 12.2. The standard InChI is InChI=1S/C14H19Cl2N3O/c1-19-4-2-3-9(8-19)7-18-14(20)11-5-10(17)6-12(15)13(11)16/h5-6,9H,2-4,7-8,17H2,1H3,(H,18,20). The molecule has 4 nitrogen and oxygen atoms in total. The summed E-state index contributed by atoms with van der Waals surface area (Å²) in [7, 11) is 2.10. The summed E-state index contributed by atoms with van der Waals surface area (Å²) in [6.07, 6.45) is 2.30. The third kappa shape index (κ3) is 3.78. The molecule has 6 heteroatoms. The lowest BCUT2D eigenvalue weighted by atomic mass is 9.98. The van der Waals surface area contributed by atoms with Gasteiger partial charge in [-0.15, -0.1) is 0 Å². The Hall–Kier alpha value is -0.970. The summed E-state index contributed by atoms with van der Waals surface area (Å²) < 4.78 is 0. The Morgan fingerprint density at radius 3 is 2.95 bits per heavy atom. The number of likely N-dealkylation sites (tertiary alicyclic amines) is 1. The molecule has 1 aromatic carbocycles. The van der Waals surface area contributed by atoms with Gasteiger partial charge in [0.05, 0.1) is 15.6 Å². The van der Waals surface area contributed by atoms with Gasteiger partial charge in [-0.1, -0.05) is 23.2 Å². The SMILES string of the molecule is CN1CCCC(CNC(=O)c2cc(N)cc(Cl)c2Cl)C1. The van der Waals surface area contributed by atoms with Gasteiger partial charge in [0.25, 0.3) is 5.91 Å². The summed E-state index contributed by atoms with van der Waals surface area (Å²) in [5.74, 6) is 0.255. The molecule has 1 aliphatic heterocycles. The summed E-state index contributed by atoms with van der Waals surface area (Å²) >= 11 is 12.0. The number of nitrogens with two attached hydrogens (primary N) is 1. The number of nitrogen functional groups attached to an aromatic ring is 1. The minimum atomic E-state index is -0.225. The van der Waals surface area contributed by atoms with Gasteiger partial charge in [-0.05, 0) is 44.5 Å². The number of carbonyl (C=O) groups excluding carboxylic acids is 1. The summed E-state index contributed by atoms with van der Waals surface area (Å²) in [4.78, 5) is 14.5. The van der Waals surface area contributed by atoms with E-state index in [2.05, 4.69) is 17.3 Å². The molecule has 1 fully saturated rings. The van der Waals surface area contributed by atoms with Crippen molar-refractivity contribution in [3.63, 3.8) is 0 Å².